The van der Waals surface area contributed by atoms with E-state index in [1.807, 2.05) is 18.2 Å². The van der Waals surface area contributed by atoms with Gasteiger partial charge in [-0.25, -0.2) is 0 Å². The number of alkyl halides is 3. The minimum atomic E-state index is -4.82. The number of halogens is 3. The maximum Gasteiger partial charge on any atom is 0.573 e. The third-order valence-electron chi connectivity index (χ3n) is 4.61. The fourth-order valence-electron chi connectivity index (χ4n) is 3.44. The highest BCUT2D eigenvalue weighted by molar-refractivity contribution is 5.92. The molecule has 1 aliphatic carbocycles. The van der Waals surface area contributed by atoms with Gasteiger partial charge in [0.2, 0.25) is 5.91 Å². The molecule has 0 bridgehead atoms. The SMILES string of the molecule is COc1ccc2c(c1)CCCC2CC(=O)Nc1ccccc1OC(F)(F)F. The molecular formula is C20H20F3NO3. The summed E-state index contributed by atoms with van der Waals surface area (Å²) in [6.07, 6.45) is -1.89. The molecule has 0 heterocycles. The predicted octanol–water partition coefficient (Wildman–Crippen LogP) is 5.04. The Morgan fingerprint density at radius 2 is 2.00 bits per heavy atom. The maximum absolute atomic E-state index is 12.5. The standard InChI is InChI=1S/C20H20F3NO3/c1-26-15-9-10-16-13(11-15)5-4-6-14(16)12-19(25)24-17-7-2-3-8-18(17)27-20(21,22)23/h2-3,7-11,14H,4-6,12H2,1H3,(H,24,25). The number of para-hydroxylation sites is 2. The van der Waals surface area contributed by atoms with Crippen LogP contribution in [0, 0.1) is 0 Å². The van der Waals surface area contributed by atoms with Crippen LogP contribution in [0.1, 0.15) is 36.3 Å². The molecule has 7 heteroatoms. The Morgan fingerprint density at radius 3 is 2.74 bits per heavy atom. The number of hydrogen-bond acceptors (Lipinski definition) is 3. The van der Waals surface area contributed by atoms with Gasteiger partial charge in [-0.2, -0.15) is 0 Å². The molecule has 0 spiro atoms. The normalized spacial score (nSPS) is 16.4. The number of rotatable bonds is 5. The summed E-state index contributed by atoms with van der Waals surface area (Å²) in [5, 5.41) is 2.55. The molecule has 0 fully saturated rings. The van der Waals surface area contributed by atoms with Crippen molar-refractivity contribution in [1.82, 2.24) is 0 Å². The molecule has 1 unspecified atom stereocenters. The van der Waals surface area contributed by atoms with Crippen LogP contribution in [0.4, 0.5) is 18.9 Å². The van der Waals surface area contributed by atoms with Crippen molar-refractivity contribution in [1.29, 1.82) is 0 Å². The fraction of sp³-hybridized carbons (Fsp3) is 0.350. The van der Waals surface area contributed by atoms with E-state index in [0.29, 0.717) is 0 Å². The highest BCUT2D eigenvalue weighted by atomic mass is 19.4. The smallest absolute Gasteiger partial charge is 0.497 e. The molecule has 27 heavy (non-hydrogen) atoms. The molecule has 144 valence electrons. The zero-order chi connectivity index (χ0) is 19.4. The summed E-state index contributed by atoms with van der Waals surface area (Å²) in [6.45, 7) is 0. The summed E-state index contributed by atoms with van der Waals surface area (Å²) in [5.74, 6) is 0.0291. The summed E-state index contributed by atoms with van der Waals surface area (Å²) in [5.41, 5.74) is 2.25. The first-order valence-corrected chi connectivity index (χ1v) is 8.67. The first kappa shape index (κ1) is 19.1. The first-order chi connectivity index (χ1) is 12.9. The molecule has 0 saturated heterocycles. The second-order valence-corrected chi connectivity index (χ2v) is 6.45. The molecule has 1 amide bonds. The molecule has 2 aromatic rings. The molecule has 0 aliphatic heterocycles. The molecule has 0 aromatic heterocycles. The Kier molecular flexibility index (Phi) is 5.58. The average molecular weight is 379 g/mol. The van der Waals surface area contributed by atoms with Crippen molar-refractivity contribution in [2.24, 2.45) is 0 Å². The van der Waals surface area contributed by atoms with Crippen LogP contribution in [0.5, 0.6) is 11.5 Å². The molecule has 0 saturated carbocycles. The predicted molar refractivity (Wildman–Crippen MR) is 95.0 cm³/mol. The van der Waals surface area contributed by atoms with Gasteiger partial charge in [0.1, 0.15) is 5.75 Å². The number of benzene rings is 2. The number of carbonyl (C=O) groups is 1. The Labute approximate surface area is 155 Å². The van der Waals surface area contributed by atoms with E-state index < -0.39 is 12.1 Å². The van der Waals surface area contributed by atoms with Crippen molar-refractivity contribution >= 4 is 11.6 Å². The van der Waals surface area contributed by atoms with Gasteiger partial charge in [0.25, 0.3) is 0 Å². The number of methoxy groups -OCH3 is 1. The first-order valence-electron chi connectivity index (χ1n) is 8.67. The summed E-state index contributed by atoms with van der Waals surface area (Å²) >= 11 is 0. The maximum atomic E-state index is 12.5. The minimum absolute atomic E-state index is 0.00517. The van der Waals surface area contributed by atoms with Gasteiger partial charge in [0.05, 0.1) is 12.8 Å². The topological polar surface area (TPSA) is 47.6 Å². The van der Waals surface area contributed by atoms with Gasteiger partial charge in [-0.1, -0.05) is 18.2 Å². The number of amides is 1. The summed E-state index contributed by atoms with van der Waals surface area (Å²) < 4.78 is 46.8. The van der Waals surface area contributed by atoms with Crippen molar-refractivity contribution in [3.8, 4) is 11.5 Å². The van der Waals surface area contributed by atoms with Crippen LogP contribution in [-0.4, -0.2) is 19.4 Å². The third-order valence-corrected chi connectivity index (χ3v) is 4.61. The zero-order valence-electron chi connectivity index (χ0n) is 14.8. The van der Waals surface area contributed by atoms with Crippen LogP contribution in [0.3, 0.4) is 0 Å². The van der Waals surface area contributed by atoms with Gasteiger partial charge in [-0.15, -0.1) is 13.2 Å². The van der Waals surface area contributed by atoms with Gasteiger partial charge in [0.15, 0.2) is 5.75 Å². The van der Waals surface area contributed by atoms with Gasteiger partial charge in [-0.05, 0) is 60.6 Å². The van der Waals surface area contributed by atoms with Gasteiger partial charge in [0, 0.05) is 6.42 Å². The molecule has 1 N–H and O–H groups in total. The quantitative estimate of drug-likeness (QED) is 0.792. The van der Waals surface area contributed by atoms with E-state index in [4.69, 9.17) is 4.74 Å². The Balaban J connectivity index is 1.71. The number of fused-ring (bicyclic) bond motifs is 1. The van der Waals surface area contributed by atoms with Crippen molar-refractivity contribution in [2.45, 2.75) is 38.0 Å². The molecule has 1 aliphatic rings. The van der Waals surface area contributed by atoms with E-state index in [2.05, 4.69) is 10.1 Å². The summed E-state index contributed by atoms with van der Waals surface area (Å²) in [7, 11) is 1.61. The van der Waals surface area contributed by atoms with Crippen molar-refractivity contribution in [2.75, 3.05) is 12.4 Å². The molecule has 2 aromatic carbocycles. The van der Waals surface area contributed by atoms with Crippen LogP contribution in [-0.2, 0) is 11.2 Å². The molecular weight excluding hydrogens is 359 g/mol. The van der Waals surface area contributed by atoms with E-state index in [1.54, 1.807) is 13.2 Å². The number of ether oxygens (including phenoxy) is 2. The van der Waals surface area contributed by atoms with Crippen LogP contribution >= 0.6 is 0 Å². The van der Waals surface area contributed by atoms with Crippen molar-refractivity contribution in [3.05, 3.63) is 53.6 Å². The Bertz CT molecular complexity index is 820. The minimum Gasteiger partial charge on any atom is -0.497 e. The second kappa shape index (κ2) is 7.90. The van der Waals surface area contributed by atoms with Crippen molar-refractivity contribution < 1.29 is 27.4 Å². The molecule has 4 nitrogen and oxygen atoms in total. The fourth-order valence-corrected chi connectivity index (χ4v) is 3.44. The highest BCUT2D eigenvalue weighted by Gasteiger charge is 2.32. The summed E-state index contributed by atoms with van der Waals surface area (Å²) in [4.78, 5) is 12.5. The van der Waals surface area contributed by atoms with Crippen LogP contribution in [0.25, 0.3) is 0 Å². The average Bonchev–Trinajstić information content (AvgIpc) is 2.62. The number of carbonyl (C=O) groups excluding carboxylic acids is 1. The number of hydrogen-bond donors (Lipinski definition) is 1. The van der Waals surface area contributed by atoms with Gasteiger partial charge >= 0.3 is 6.36 Å². The number of anilines is 1. The van der Waals surface area contributed by atoms with E-state index in [9.17, 15) is 18.0 Å². The van der Waals surface area contributed by atoms with Gasteiger partial charge in [-0.3, -0.25) is 4.79 Å². The van der Waals surface area contributed by atoms with Crippen molar-refractivity contribution in [3.63, 3.8) is 0 Å². The molecule has 3 rings (SSSR count). The highest BCUT2D eigenvalue weighted by Crippen LogP contribution is 2.36. The van der Waals surface area contributed by atoms with Crippen LogP contribution < -0.4 is 14.8 Å². The van der Waals surface area contributed by atoms with E-state index in [-0.39, 0.29) is 23.9 Å². The zero-order valence-corrected chi connectivity index (χ0v) is 14.8. The Hall–Kier alpha value is -2.70. The monoisotopic (exact) mass is 379 g/mol. The molecule has 1 atom stereocenters. The third kappa shape index (κ3) is 4.93. The Morgan fingerprint density at radius 1 is 1.22 bits per heavy atom. The number of aryl methyl sites for hydroxylation is 1. The largest absolute Gasteiger partial charge is 0.573 e. The van der Waals surface area contributed by atoms with E-state index in [1.165, 1.54) is 18.2 Å². The summed E-state index contributed by atoms with van der Waals surface area (Å²) in [6, 6.07) is 11.3. The van der Waals surface area contributed by atoms with E-state index in [0.717, 1.165) is 36.1 Å². The lowest BCUT2D eigenvalue weighted by atomic mass is 9.81. The molecule has 0 radical (unpaired) electrons. The van der Waals surface area contributed by atoms with Crippen LogP contribution in [0.2, 0.25) is 0 Å². The lowest BCUT2D eigenvalue weighted by Gasteiger charge is -2.25. The second-order valence-electron chi connectivity index (χ2n) is 6.45. The van der Waals surface area contributed by atoms with Gasteiger partial charge < -0.3 is 14.8 Å². The lowest BCUT2D eigenvalue weighted by Crippen LogP contribution is -2.21. The number of nitrogens with one attached hydrogen (secondary N) is 1. The van der Waals surface area contributed by atoms with Crippen LogP contribution in [0.15, 0.2) is 42.5 Å². The lowest BCUT2D eigenvalue weighted by molar-refractivity contribution is -0.274. The van der Waals surface area contributed by atoms with E-state index >= 15 is 0 Å².